The highest BCUT2D eigenvalue weighted by molar-refractivity contribution is 5.86. The van der Waals surface area contributed by atoms with E-state index in [-0.39, 0.29) is 19.5 Å². The molecule has 0 bridgehead atoms. The molecule has 0 fully saturated rings. The van der Waals surface area contributed by atoms with Crippen LogP contribution in [-0.4, -0.2) is 47.0 Å². The van der Waals surface area contributed by atoms with E-state index in [9.17, 15) is 19.5 Å². The van der Waals surface area contributed by atoms with E-state index in [0.717, 1.165) is 10.5 Å². The number of nitrogens with zero attached hydrogens (tertiary/aromatic N) is 1. The molecule has 3 amide bonds. The van der Waals surface area contributed by atoms with Gasteiger partial charge in [-0.1, -0.05) is 30.3 Å². The molecule has 114 valence electrons. The van der Waals surface area contributed by atoms with Crippen molar-refractivity contribution < 1.29 is 19.5 Å². The number of nitrogens with one attached hydrogen (secondary N) is 1. The first kappa shape index (κ1) is 16.5. The van der Waals surface area contributed by atoms with Gasteiger partial charge < -0.3 is 21.1 Å². The topological polar surface area (TPSA) is 113 Å². The minimum Gasteiger partial charge on any atom is -0.480 e. The molecule has 0 aliphatic rings. The van der Waals surface area contributed by atoms with E-state index in [4.69, 9.17) is 5.73 Å². The lowest BCUT2D eigenvalue weighted by molar-refractivity contribution is -0.139. The Hall–Kier alpha value is -2.57. The van der Waals surface area contributed by atoms with Gasteiger partial charge in [0.25, 0.3) is 0 Å². The maximum Gasteiger partial charge on any atom is 0.326 e. The Kier molecular flexibility index (Phi) is 6.19. The van der Waals surface area contributed by atoms with E-state index in [0.29, 0.717) is 0 Å². The molecule has 7 nitrogen and oxygen atoms in total. The Morgan fingerprint density at radius 2 is 1.90 bits per heavy atom. The molecule has 0 aliphatic carbocycles. The van der Waals surface area contributed by atoms with Crippen LogP contribution in [0.25, 0.3) is 0 Å². The summed E-state index contributed by atoms with van der Waals surface area (Å²) in [4.78, 5) is 35.2. The van der Waals surface area contributed by atoms with Gasteiger partial charge in [-0.15, -0.1) is 0 Å². The predicted molar refractivity (Wildman–Crippen MR) is 76.5 cm³/mol. The maximum absolute atomic E-state index is 12.0. The second kappa shape index (κ2) is 7.88. The van der Waals surface area contributed by atoms with Gasteiger partial charge >= 0.3 is 12.0 Å². The van der Waals surface area contributed by atoms with Crippen molar-refractivity contribution in [3.63, 3.8) is 0 Å². The first-order chi connectivity index (χ1) is 9.93. The number of aliphatic carboxylic acids is 1. The largest absolute Gasteiger partial charge is 0.480 e. The summed E-state index contributed by atoms with van der Waals surface area (Å²) in [6.07, 6.45) is 0.163. The highest BCUT2D eigenvalue weighted by atomic mass is 16.4. The van der Waals surface area contributed by atoms with E-state index in [1.165, 1.54) is 0 Å². The third-order valence-corrected chi connectivity index (χ3v) is 2.89. The van der Waals surface area contributed by atoms with E-state index in [1.54, 1.807) is 31.2 Å². The fourth-order valence-electron chi connectivity index (χ4n) is 1.81. The Morgan fingerprint density at radius 3 is 2.38 bits per heavy atom. The van der Waals surface area contributed by atoms with Gasteiger partial charge in [-0.3, -0.25) is 4.79 Å². The zero-order valence-corrected chi connectivity index (χ0v) is 11.8. The molecule has 0 aromatic heterocycles. The van der Waals surface area contributed by atoms with E-state index < -0.39 is 23.9 Å². The van der Waals surface area contributed by atoms with Crippen LogP contribution in [0.1, 0.15) is 12.5 Å². The molecule has 1 unspecified atom stereocenters. The van der Waals surface area contributed by atoms with Crippen LogP contribution in [0.4, 0.5) is 4.79 Å². The highest BCUT2D eigenvalue weighted by Gasteiger charge is 2.23. The number of carboxylic acids is 1. The van der Waals surface area contributed by atoms with E-state index >= 15 is 0 Å². The van der Waals surface area contributed by atoms with Gasteiger partial charge in [-0.25, -0.2) is 9.59 Å². The normalized spacial score (nSPS) is 11.5. The molecule has 1 aromatic carbocycles. The summed E-state index contributed by atoms with van der Waals surface area (Å²) in [7, 11) is 0. The first-order valence-electron chi connectivity index (χ1n) is 6.54. The van der Waals surface area contributed by atoms with Crippen LogP contribution < -0.4 is 11.1 Å². The molecule has 1 atom stereocenters. The van der Waals surface area contributed by atoms with Gasteiger partial charge in [0.2, 0.25) is 5.91 Å². The molecule has 7 heteroatoms. The summed E-state index contributed by atoms with van der Waals surface area (Å²) in [6, 6.07) is 7.28. The fourth-order valence-corrected chi connectivity index (χ4v) is 1.81. The zero-order chi connectivity index (χ0) is 15.8. The Bertz CT molecular complexity index is 504. The average molecular weight is 293 g/mol. The van der Waals surface area contributed by atoms with Gasteiger partial charge in [0.15, 0.2) is 0 Å². The number of urea groups is 1. The van der Waals surface area contributed by atoms with Crippen molar-refractivity contribution in [1.29, 1.82) is 0 Å². The molecule has 0 spiro atoms. The van der Waals surface area contributed by atoms with E-state index in [2.05, 4.69) is 5.32 Å². The quantitative estimate of drug-likeness (QED) is 0.666. The van der Waals surface area contributed by atoms with Crippen LogP contribution in [-0.2, 0) is 16.0 Å². The highest BCUT2D eigenvalue weighted by Crippen LogP contribution is 2.04. The number of likely N-dealkylation sites (N-methyl/N-ethyl adjacent to an activating group) is 1. The maximum atomic E-state index is 12.0. The minimum absolute atomic E-state index is 0.163. The molecule has 0 radical (unpaired) electrons. The Morgan fingerprint density at radius 1 is 1.29 bits per heavy atom. The summed E-state index contributed by atoms with van der Waals surface area (Å²) in [5.41, 5.74) is 5.84. The van der Waals surface area contributed by atoms with E-state index in [1.807, 2.05) is 6.07 Å². The molecule has 0 aliphatic heterocycles. The lowest BCUT2D eigenvalue weighted by Gasteiger charge is -2.22. The first-order valence-corrected chi connectivity index (χ1v) is 6.54. The van der Waals surface area contributed by atoms with Crippen molar-refractivity contribution >= 4 is 17.9 Å². The van der Waals surface area contributed by atoms with Crippen molar-refractivity contribution in [2.75, 3.05) is 13.1 Å². The van der Waals surface area contributed by atoms with Gasteiger partial charge in [0.05, 0.1) is 0 Å². The number of hydrogen-bond acceptors (Lipinski definition) is 3. The molecule has 4 N–H and O–H groups in total. The van der Waals surface area contributed by atoms with Crippen LogP contribution in [0.5, 0.6) is 0 Å². The van der Waals surface area contributed by atoms with Crippen LogP contribution in [0, 0.1) is 0 Å². The van der Waals surface area contributed by atoms with Crippen molar-refractivity contribution in [2.24, 2.45) is 5.73 Å². The molecule has 0 saturated carbocycles. The zero-order valence-electron chi connectivity index (χ0n) is 11.8. The lowest BCUT2D eigenvalue weighted by Crippen LogP contribution is -2.50. The number of amides is 3. The van der Waals surface area contributed by atoms with Crippen molar-refractivity contribution in [2.45, 2.75) is 19.4 Å². The number of nitrogens with two attached hydrogens (primary N) is 1. The molecule has 0 heterocycles. The SMILES string of the molecule is CCN(CC(N)=O)C(=O)NC(Cc1ccccc1)C(=O)O. The standard InChI is InChI=1S/C14H19N3O4/c1-2-17(9-12(15)18)14(21)16-11(13(19)20)8-10-6-4-3-5-7-10/h3-7,11H,2,8-9H2,1H3,(H2,15,18)(H,16,21)(H,19,20). The van der Waals surface area contributed by atoms with Crippen LogP contribution in [0.15, 0.2) is 30.3 Å². The smallest absolute Gasteiger partial charge is 0.326 e. The fraction of sp³-hybridized carbons (Fsp3) is 0.357. The number of primary amides is 1. The lowest BCUT2D eigenvalue weighted by atomic mass is 10.1. The van der Waals surface area contributed by atoms with Crippen molar-refractivity contribution in [1.82, 2.24) is 10.2 Å². The van der Waals surface area contributed by atoms with Gasteiger partial charge in [0.1, 0.15) is 12.6 Å². The molecule has 1 rings (SSSR count). The predicted octanol–water partition coefficient (Wildman–Crippen LogP) is 0.199. The number of carbonyl (C=O) groups is 3. The molecular formula is C14H19N3O4. The second-order valence-electron chi connectivity index (χ2n) is 4.51. The number of benzene rings is 1. The van der Waals surface area contributed by atoms with Crippen molar-refractivity contribution in [3.05, 3.63) is 35.9 Å². The molecule has 1 aromatic rings. The van der Waals surface area contributed by atoms with Crippen LogP contribution in [0.2, 0.25) is 0 Å². The third kappa shape index (κ3) is 5.52. The van der Waals surface area contributed by atoms with Crippen LogP contribution in [0.3, 0.4) is 0 Å². The summed E-state index contributed by atoms with van der Waals surface area (Å²) < 4.78 is 0. The van der Waals surface area contributed by atoms with Crippen LogP contribution >= 0.6 is 0 Å². The summed E-state index contributed by atoms with van der Waals surface area (Å²) in [5, 5.41) is 11.6. The third-order valence-electron chi connectivity index (χ3n) is 2.89. The average Bonchev–Trinajstić information content (AvgIpc) is 2.44. The molecule has 21 heavy (non-hydrogen) atoms. The summed E-state index contributed by atoms with van der Waals surface area (Å²) >= 11 is 0. The van der Waals surface area contributed by atoms with Gasteiger partial charge in [-0.05, 0) is 12.5 Å². The number of rotatable bonds is 7. The number of hydrogen-bond donors (Lipinski definition) is 3. The van der Waals surface area contributed by atoms with Crippen molar-refractivity contribution in [3.8, 4) is 0 Å². The summed E-state index contributed by atoms with van der Waals surface area (Å²) in [6.45, 7) is 1.68. The summed E-state index contributed by atoms with van der Waals surface area (Å²) in [5.74, 6) is -1.79. The number of carbonyl (C=O) groups excluding carboxylic acids is 2. The Labute approximate surface area is 122 Å². The monoisotopic (exact) mass is 293 g/mol. The Balaban J connectivity index is 2.71. The van der Waals surface area contributed by atoms with Gasteiger partial charge in [-0.2, -0.15) is 0 Å². The number of carboxylic acid groups (broad SMARTS) is 1. The van der Waals surface area contributed by atoms with Gasteiger partial charge in [0, 0.05) is 13.0 Å². The molecular weight excluding hydrogens is 274 g/mol. The molecule has 0 saturated heterocycles. The minimum atomic E-state index is -1.14. The second-order valence-corrected chi connectivity index (χ2v) is 4.51.